The molecule has 0 saturated heterocycles. The molecule has 18 heavy (non-hydrogen) atoms. The minimum absolute atomic E-state index is 0.0863. The summed E-state index contributed by atoms with van der Waals surface area (Å²) >= 11 is 1.12. The van der Waals surface area contributed by atoms with Gasteiger partial charge in [-0.05, 0) is 24.6 Å². The van der Waals surface area contributed by atoms with Crippen molar-refractivity contribution >= 4 is 34.4 Å². The molecular formula is C12H13N3O2S. The zero-order valence-corrected chi connectivity index (χ0v) is 10.7. The highest BCUT2D eigenvalue weighted by atomic mass is 32.2. The number of aryl methyl sites for hydroxylation is 1. The number of carbonyl (C=O) groups is 2. The number of anilines is 1. The fourth-order valence-corrected chi connectivity index (χ4v) is 2.47. The molecule has 0 aliphatic carbocycles. The Balaban J connectivity index is 2.05. The van der Waals surface area contributed by atoms with Crippen molar-refractivity contribution in [3.63, 3.8) is 0 Å². The molecule has 0 bridgehead atoms. The molecule has 1 aliphatic rings. The lowest BCUT2D eigenvalue weighted by Gasteiger charge is -2.17. The Morgan fingerprint density at radius 1 is 1.56 bits per heavy atom. The molecule has 1 heterocycles. The Labute approximate surface area is 109 Å². The van der Waals surface area contributed by atoms with Crippen LogP contribution in [0.5, 0.6) is 0 Å². The van der Waals surface area contributed by atoms with Crippen LogP contribution in [0.3, 0.4) is 0 Å². The molecule has 0 radical (unpaired) electrons. The van der Waals surface area contributed by atoms with E-state index in [4.69, 9.17) is 5.73 Å². The van der Waals surface area contributed by atoms with Gasteiger partial charge in [0.25, 0.3) is 0 Å². The molecule has 0 unspecified atom stereocenters. The quantitative estimate of drug-likeness (QED) is 0.841. The van der Waals surface area contributed by atoms with Crippen molar-refractivity contribution in [3.05, 3.63) is 29.8 Å². The first-order valence-electron chi connectivity index (χ1n) is 5.46. The number of amidine groups is 1. The van der Waals surface area contributed by atoms with Crippen LogP contribution in [0.15, 0.2) is 29.3 Å². The van der Waals surface area contributed by atoms with E-state index >= 15 is 0 Å². The summed E-state index contributed by atoms with van der Waals surface area (Å²) in [6, 6.07) is 7.47. The molecule has 94 valence electrons. The summed E-state index contributed by atoms with van der Waals surface area (Å²) in [4.78, 5) is 26.8. The standard InChI is InChI=1S/C12H13N3O2S/c1-7-3-2-4-8(5-7)14-11(17)9-6-10(16)15-12(13)18-9/h2-5,9H,6H2,1H3,(H,14,17)(H2,13,15,16)/t9-/m0/s1. The topological polar surface area (TPSA) is 84.5 Å². The second kappa shape index (κ2) is 5.22. The second-order valence-electron chi connectivity index (χ2n) is 4.01. The summed E-state index contributed by atoms with van der Waals surface area (Å²) in [5.41, 5.74) is 7.26. The van der Waals surface area contributed by atoms with E-state index in [-0.39, 0.29) is 23.4 Å². The summed E-state index contributed by atoms with van der Waals surface area (Å²) in [5.74, 6) is -0.576. The highest BCUT2D eigenvalue weighted by Crippen LogP contribution is 2.22. The second-order valence-corrected chi connectivity index (χ2v) is 5.24. The number of hydrogen-bond donors (Lipinski definition) is 2. The van der Waals surface area contributed by atoms with E-state index in [1.54, 1.807) is 6.07 Å². The van der Waals surface area contributed by atoms with Crippen molar-refractivity contribution in [1.29, 1.82) is 0 Å². The zero-order chi connectivity index (χ0) is 13.1. The summed E-state index contributed by atoms with van der Waals surface area (Å²) in [6.07, 6.45) is 0.0863. The summed E-state index contributed by atoms with van der Waals surface area (Å²) in [6.45, 7) is 1.94. The zero-order valence-electron chi connectivity index (χ0n) is 9.84. The van der Waals surface area contributed by atoms with Gasteiger partial charge in [0, 0.05) is 5.69 Å². The minimum atomic E-state index is -0.504. The molecule has 1 aromatic carbocycles. The van der Waals surface area contributed by atoms with Crippen LogP contribution in [0.4, 0.5) is 5.69 Å². The van der Waals surface area contributed by atoms with Crippen molar-refractivity contribution in [3.8, 4) is 0 Å². The Hall–Kier alpha value is -1.82. The van der Waals surface area contributed by atoms with Crippen LogP contribution in [-0.2, 0) is 9.59 Å². The third kappa shape index (κ3) is 3.10. The van der Waals surface area contributed by atoms with E-state index in [1.165, 1.54) is 0 Å². The number of hydrogen-bond acceptors (Lipinski definition) is 4. The number of carbonyl (C=O) groups excluding carboxylic acids is 2. The van der Waals surface area contributed by atoms with E-state index in [9.17, 15) is 9.59 Å². The highest BCUT2D eigenvalue weighted by Gasteiger charge is 2.27. The van der Waals surface area contributed by atoms with Crippen molar-refractivity contribution in [2.45, 2.75) is 18.6 Å². The van der Waals surface area contributed by atoms with Gasteiger partial charge in [0.05, 0.1) is 6.42 Å². The molecule has 0 spiro atoms. The predicted octanol–water partition coefficient (Wildman–Crippen LogP) is 1.28. The Morgan fingerprint density at radius 3 is 3.00 bits per heavy atom. The molecule has 2 amide bonds. The van der Waals surface area contributed by atoms with Gasteiger partial charge in [-0.3, -0.25) is 9.59 Å². The SMILES string of the molecule is Cc1cccc(NC(=O)[C@@H]2CC(=O)N=C(N)S2)c1. The van der Waals surface area contributed by atoms with Crippen LogP contribution in [0.2, 0.25) is 0 Å². The summed E-state index contributed by atoms with van der Waals surface area (Å²) < 4.78 is 0. The molecule has 0 saturated carbocycles. The number of benzene rings is 1. The first-order chi connectivity index (χ1) is 8.54. The van der Waals surface area contributed by atoms with Crippen molar-refractivity contribution in [2.75, 3.05) is 5.32 Å². The number of nitrogens with zero attached hydrogens (tertiary/aromatic N) is 1. The minimum Gasteiger partial charge on any atom is -0.378 e. The molecule has 2 rings (SSSR count). The molecule has 0 fully saturated rings. The molecule has 1 aliphatic heterocycles. The van der Waals surface area contributed by atoms with Gasteiger partial charge in [-0.25, -0.2) is 0 Å². The lowest BCUT2D eigenvalue weighted by molar-refractivity contribution is -0.121. The molecule has 0 aromatic heterocycles. The Morgan fingerprint density at radius 2 is 2.33 bits per heavy atom. The van der Waals surface area contributed by atoms with Crippen LogP contribution in [-0.4, -0.2) is 22.2 Å². The van der Waals surface area contributed by atoms with Gasteiger partial charge in [0.2, 0.25) is 11.8 Å². The highest BCUT2D eigenvalue weighted by molar-refractivity contribution is 8.15. The van der Waals surface area contributed by atoms with Gasteiger partial charge in [0.15, 0.2) is 5.17 Å². The molecule has 3 N–H and O–H groups in total. The maximum absolute atomic E-state index is 12.0. The average Bonchev–Trinajstić information content (AvgIpc) is 2.27. The monoisotopic (exact) mass is 263 g/mol. The number of amides is 2. The van der Waals surface area contributed by atoms with Gasteiger partial charge in [-0.1, -0.05) is 23.9 Å². The van der Waals surface area contributed by atoms with E-state index in [0.717, 1.165) is 17.3 Å². The van der Waals surface area contributed by atoms with Crippen LogP contribution < -0.4 is 11.1 Å². The van der Waals surface area contributed by atoms with E-state index < -0.39 is 5.25 Å². The number of aliphatic imine (C=N–C) groups is 1. The number of nitrogens with two attached hydrogens (primary N) is 1. The summed E-state index contributed by atoms with van der Waals surface area (Å²) in [7, 11) is 0. The fourth-order valence-electron chi connectivity index (χ4n) is 1.63. The molecule has 1 atom stereocenters. The largest absolute Gasteiger partial charge is 0.378 e. The maximum Gasteiger partial charge on any atom is 0.249 e. The van der Waals surface area contributed by atoms with Crippen LogP contribution in [0, 0.1) is 6.92 Å². The maximum atomic E-state index is 12.0. The van der Waals surface area contributed by atoms with Gasteiger partial charge >= 0.3 is 0 Å². The first-order valence-corrected chi connectivity index (χ1v) is 6.34. The molecular weight excluding hydrogens is 250 g/mol. The van der Waals surface area contributed by atoms with Crippen molar-refractivity contribution < 1.29 is 9.59 Å². The van der Waals surface area contributed by atoms with E-state index in [0.29, 0.717) is 5.69 Å². The predicted molar refractivity (Wildman–Crippen MR) is 72.4 cm³/mol. The van der Waals surface area contributed by atoms with Gasteiger partial charge < -0.3 is 11.1 Å². The van der Waals surface area contributed by atoms with Gasteiger partial charge in [0.1, 0.15) is 5.25 Å². The normalized spacial score (nSPS) is 19.3. The van der Waals surface area contributed by atoms with Crippen molar-refractivity contribution in [1.82, 2.24) is 0 Å². The third-order valence-electron chi connectivity index (χ3n) is 2.44. The fraction of sp³-hybridized carbons (Fsp3) is 0.250. The molecule has 1 aromatic rings. The summed E-state index contributed by atoms with van der Waals surface area (Å²) in [5, 5.41) is 2.42. The van der Waals surface area contributed by atoms with Crippen molar-refractivity contribution in [2.24, 2.45) is 10.7 Å². The Bertz CT molecular complexity index is 528. The van der Waals surface area contributed by atoms with E-state index in [1.807, 2.05) is 25.1 Å². The smallest absolute Gasteiger partial charge is 0.249 e. The van der Waals surface area contributed by atoms with Crippen LogP contribution in [0.1, 0.15) is 12.0 Å². The number of nitrogens with one attached hydrogen (secondary N) is 1. The Kier molecular flexibility index (Phi) is 3.66. The number of thioether (sulfide) groups is 1. The van der Waals surface area contributed by atoms with Gasteiger partial charge in [-0.15, -0.1) is 0 Å². The lowest BCUT2D eigenvalue weighted by atomic mass is 10.2. The molecule has 5 nitrogen and oxygen atoms in total. The van der Waals surface area contributed by atoms with E-state index in [2.05, 4.69) is 10.3 Å². The van der Waals surface area contributed by atoms with Crippen LogP contribution in [0.25, 0.3) is 0 Å². The third-order valence-corrected chi connectivity index (χ3v) is 3.43. The average molecular weight is 263 g/mol. The van der Waals surface area contributed by atoms with Gasteiger partial charge in [-0.2, -0.15) is 4.99 Å². The molecule has 6 heteroatoms. The number of rotatable bonds is 2. The first kappa shape index (κ1) is 12.6. The lowest BCUT2D eigenvalue weighted by Crippen LogP contribution is -2.33. The van der Waals surface area contributed by atoms with Crippen LogP contribution >= 0.6 is 11.8 Å².